The number of aromatic nitrogens is 4. The maximum atomic E-state index is 12.3. The summed E-state index contributed by atoms with van der Waals surface area (Å²) in [6.07, 6.45) is 3.05. The molecular weight excluding hydrogens is 402 g/mol. The van der Waals surface area contributed by atoms with Crippen LogP contribution >= 0.6 is 11.6 Å². The van der Waals surface area contributed by atoms with Gasteiger partial charge in [-0.05, 0) is 6.92 Å². The fraction of sp³-hybridized carbons (Fsp3) is 0.176. The van der Waals surface area contributed by atoms with Crippen molar-refractivity contribution in [1.29, 1.82) is 0 Å². The van der Waals surface area contributed by atoms with Gasteiger partial charge in [-0.15, -0.1) is 0 Å². The second-order valence-electron chi connectivity index (χ2n) is 6.05. The summed E-state index contributed by atoms with van der Waals surface area (Å²) in [7, 11) is 1.48. The van der Waals surface area contributed by atoms with Gasteiger partial charge in [-0.2, -0.15) is 10.1 Å². The van der Waals surface area contributed by atoms with Crippen molar-refractivity contribution in [3.05, 3.63) is 71.9 Å². The molecule has 0 saturated carbocycles. The Morgan fingerprint density at radius 1 is 1.45 bits per heavy atom. The molecule has 0 fully saturated rings. The lowest BCUT2D eigenvalue weighted by atomic mass is 10.2. The Balaban J connectivity index is 2.02. The van der Waals surface area contributed by atoms with Crippen LogP contribution in [0.25, 0.3) is 11.2 Å². The first-order chi connectivity index (χ1) is 13.8. The van der Waals surface area contributed by atoms with Crippen LogP contribution in [0.3, 0.4) is 0 Å². The number of hydrogen-bond donors (Lipinski definition) is 2. The lowest BCUT2D eigenvalue weighted by Crippen LogP contribution is -2.29. The van der Waals surface area contributed by atoms with Gasteiger partial charge in [0.2, 0.25) is 5.95 Å². The van der Waals surface area contributed by atoms with E-state index in [-0.39, 0.29) is 29.3 Å². The van der Waals surface area contributed by atoms with Gasteiger partial charge in [0.15, 0.2) is 11.2 Å². The molecular formula is C17H16ClN7O4. The highest BCUT2D eigenvalue weighted by Gasteiger charge is 2.16. The predicted molar refractivity (Wildman–Crippen MR) is 110 cm³/mol. The van der Waals surface area contributed by atoms with Gasteiger partial charge in [-0.3, -0.25) is 29.0 Å². The number of aryl methyl sites for hydroxylation is 1. The maximum Gasteiger partial charge on any atom is 0.329 e. The Hall–Kier alpha value is -3.73. The van der Waals surface area contributed by atoms with Crippen molar-refractivity contribution >= 4 is 40.6 Å². The fourth-order valence-electron chi connectivity index (χ4n) is 2.60. The zero-order chi connectivity index (χ0) is 21.1. The van der Waals surface area contributed by atoms with E-state index in [1.807, 2.05) is 0 Å². The minimum atomic E-state index is -0.595. The van der Waals surface area contributed by atoms with Gasteiger partial charge in [0, 0.05) is 36.3 Å². The number of benzene rings is 1. The van der Waals surface area contributed by atoms with Gasteiger partial charge < -0.3 is 0 Å². The average molecular weight is 418 g/mol. The van der Waals surface area contributed by atoms with Crippen LogP contribution in [-0.4, -0.2) is 30.2 Å². The van der Waals surface area contributed by atoms with Crippen LogP contribution in [0, 0.1) is 10.1 Å². The summed E-state index contributed by atoms with van der Waals surface area (Å²) in [6, 6.07) is 5.92. The quantitative estimate of drug-likeness (QED) is 0.356. The third-order valence-electron chi connectivity index (χ3n) is 4.02. The van der Waals surface area contributed by atoms with Crippen molar-refractivity contribution in [3.8, 4) is 0 Å². The second-order valence-corrected chi connectivity index (χ2v) is 6.65. The molecule has 150 valence electrons. The number of non-ortho nitro benzene ring substituents is 1. The molecule has 3 aromatic rings. The zero-order valence-electron chi connectivity index (χ0n) is 15.4. The summed E-state index contributed by atoms with van der Waals surface area (Å²) in [6.45, 7) is 1.90. The monoisotopic (exact) mass is 417 g/mol. The minimum Gasteiger partial charge on any atom is -0.299 e. The molecule has 0 unspecified atom stereocenters. The number of fused-ring (bicyclic) bond motifs is 1. The van der Waals surface area contributed by atoms with Crippen molar-refractivity contribution in [1.82, 2.24) is 19.1 Å². The molecule has 0 aliphatic carbocycles. The summed E-state index contributed by atoms with van der Waals surface area (Å²) >= 11 is 5.90. The van der Waals surface area contributed by atoms with E-state index in [1.165, 1.54) is 40.6 Å². The Morgan fingerprint density at radius 3 is 2.90 bits per heavy atom. The highest BCUT2D eigenvalue weighted by molar-refractivity contribution is 6.29. The zero-order valence-corrected chi connectivity index (χ0v) is 16.2. The summed E-state index contributed by atoms with van der Waals surface area (Å²) in [5, 5.41) is 15.4. The topological polar surface area (TPSA) is 140 Å². The summed E-state index contributed by atoms with van der Waals surface area (Å²) < 4.78 is 2.73. The number of H-pyrrole nitrogens is 1. The molecule has 0 amide bonds. The molecule has 11 nitrogen and oxygen atoms in total. The summed E-state index contributed by atoms with van der Waals surface area (Å²) in [4.78, 5) is 41.0. The Kier molecular flexibility index (Phi) is 5.59. The molecule has 0 aliphatic heterocycles. The number of halogens is 1. The van der Waals surface area contributed by atoms with Crippen LogP contribution in [0.2, 0.25) is 0 Å². The third kappa shape index (κ3) is 4.24. The van der Waals surface area contributed by atoms with Crippen LogP contribution in [0.4, 0.5) is 11.6 Å². The smallest absolute Gasteiger partial charge is 0.299 e. The number of imidazole rings is 1. The van der Waals surface area contributed by atoms with Crippen LogP contribution in [0.1, 0.15) is 12.5 Å². The maximum absolute atomic E-state index is 12.3. The van der Waals surface area contributed by atoms with Crippen LogP contribution in [0.15, 0.2) is 50.1 Å². The molecule has 0 spiro atoms. The molecule has 0 radical (unpaired) electrons. The van der Waals surface area contributed by atoms with Crippen molar-refractivity contribution in [3.63, 3.8) is 0 Å². The standard InChI is InChI=1S/C17H16ClN7O4/c1-10(18)6-7-24-13-14(23(2)17(27)21-15(13)26)20-16(24)22-19-9-11-4-3-5-12(8-11)25(28)29/h3-6,8-9H,7H2,1-2H3,(H,20,22)(H,21,26,27). The van der Waals surface area contributed by atoms with E-state index in [4.69, 9.17) is 11.6 Å². The molecule has 2 aromatic heterocycles. The SMILES string of the molecule is CC(Cl)=CCn1c(NN=Cc2cccc([N+](=O)[O-])c2)nc2c1c(=O)[nH]c(=O)n2C. The molecule has 0 bridgehead atoms. The van der Waals surface area contributed by atoms with E-state index < -0.39 is 16.2 Å². The molecule has 1 aromatic carbocycles. The van der Waals surface area contributed by atoms with Gasteiger partial charge in [-0.25, -0.2) is 10.2 Å². The highest BCUT2D eigenvalue weighted by Crippen LogP contribution is 2.17. The van der Waals surface area contributed by atoms with E-state index in [2.05, 4.69) is 20.5 Å². The molecule has 2 heterocycles. The fourth-order valence-corrected chi connectivity index (χ4v) is 2.67. The largest absolute Gasteiger partial charge is 0.329 e. The first-order valence-electron chi connectivity index (χ1n) is 8.33. The highest BCUT2D eigenvalue weighted by atomic mass is 35.5. The van der Waals surface area contributed by atoms with E-state index in [1.54, 1.807) is 19.1 Å². The number of nitro groups is 1. The number of hydrogen-bond acceptors (Lipinski definition) is 7. The Morgan fingerprint density at radius 2 is 2.21 bits per heavy atom. The van der Waals surface area contributed by atoms with E-state index >= 15 is 0 Å². The summed E-state index contributed by atoms with van der Waals surface area (Å²) in [5.41, 5.74) is 2.30. The molecule has 3 rings (SSSR count). The molecule has 29 heavy (non-hydrogen) atoms. The molecule has 2 N–H and O–H groups in total. The third-order valence-corrected chi connectivity index (χ3v) is 4.18. The number of hydrazone groups is 1. The van der Waals surface area contributed by atoms with Gasteiger partial charge in [0.1, 0.15) is 0 Å². The van der Waals surface area contributed by atoms with Crippen molar-refractivity contribution in [2.45, 2.75) is 13.5 Å². The number of rotatable bonds is 6. The number of anilines is 1. The van der Waals surface area contributed by atoms with Crippen LogP contribution < -0.4 is 16.7 Å². The molecule has 0 atom stereocenters. The van der Waals surface area contributed by atoms with Gasteiger partial charge in [0.25, 0.3) is 11.2 Å². The van der Waals surface area contributed by atoms with E-state index in [9.17, 15) is 19.7 Å². The molecule has 0 aliphatic rings. The van der Waals surface area contributed by atoms with Crippen molar-refractivity contribution in [2.24, 2.45) is 12.1 Å². The number of aromatic amines is 1. The lowest BCUT2D eigenvalue weighted by Gasteiger charge is -2.05. The first kappa shape index (κ1) is 20.0. The molecule has 0 saturated heterocycles. The molecule has 12 heteroatoms. The Bertz CT molecular complexity index is 1270. The number of nitro benzene ring substituents is 1. The first-order valence-corrected chi connectivity index (χ1v) is 8.71. The van der Waals surface area contributed by atoms with Gasteiger partial charge in [-0.1, -0.05) is 29.8 Å². The number of nitrogens with zero attached hydrogens (tertiary/aromatic N) is 5. The van der Waals surface area contributed by atoms with Gasteiger partial charge in [0.05, 0.1) is 11.1 Å². The predicted octanol–water partition coefficient (Wildman–Crippen LogP) is 1.92. The lowest BCUT2D eigenvalue weighted by molar-refractivity contribution is -0.384. The minimum absolute atomic E-state index is 0.0644. The van der Waals surface area contributed by atoms with Gasteiger partial charge >= 0.3 is 5.69 Å². The summed E-state index contributed by atoms with van der Waals surface area (Å²) in [5.74, 6) is 0.197. The number of nitrogens with one attached hydrogen (secondary N) is 2. The number of allylic oxidation sites excluding steroid dienone is 2. The van der Waals surface area contributed by atoms with E-state index in [0.717, 1.165) is 0 Å². The second kappa shape index (κ2) is 8.10. The van der Waals surface area contributed by atoms with E-state index in [0.29, 0.717) is 10.6 Å². The average Bonchev–Trinajstić information content (AvgIpc) is 3.04. The Labute approximate surface area is 168 Å². The van der Waals surface area contributed by atoms with Crippen LogP contribution in [-0.2, 0) is 13.6 Å². The normalized spacial score (nSPS) is 12.0. The van der Waals surface area contributed by atoms with Crippen LogP contribution in [0.5, 0.6) is 0 Å². The van der Waals surface area contributed by atoms with Crippen molar-refractivity contribution < 1.29 is 4.92 Å². The van der Waals surface area contributed by atoms with Crippen molar-refractivity contribution in [2.75, 3.05) is 5.43 Å².